The fraction of sp³-hybridized carbons (Fsp3) is 0.357. The average Bonchev–Trinajstić information content (AvgIpc) is 2.76. The van der Waals surface area contributed by atoms with Crippen LogP contribution in [-0.4, -0.2) is 15.9 Å². The molecule has 0 spiro atoms. The van der Waals surface area contributed by atoms with Gasteiger partial charge in [0.2, 0.25) is 11.7 Å². The van der Waals surface area contributed by atoms with Crippen LogP contribution in [0.3, 0.4) is 0 Å². The third kappa shape index (κ3) is 3.22. The Morgan fingerprint density at radius 2 is 2.10 bits per heavy atom. The van der Waals surface area contributed by atoms with Crippen LogP contribution in [0.1, 0.15) is 26.7 Å². The Morgan fingerprint density at radius 3 is 2.70 bits per heavy atom. The molecule has 1 aromatic carbocycles. The van der Waals surface area contributed by atoms with E-state index in [-0.39, 0.29) is 28.9 Å². The van der Waals surface area contributed by atoms with Crippen LogP contribution in [0.15, 0.2) is 22.7 Å². The topological polar surface area (TPSA) is 56.0 Å². The van der Waals surface area contributed by atoms with Gasteiger partial charge < -0.3 is 4.52 Å². The van der Waals surface area contributed by atoms with Crippen molar-refractivity contribution in [2.24, 2.45) is 5.41 Å². The van der Waals surface area contributed by atoms with Gasteiger partial charge in [0, 0.05) is 11.0 Å². The quantitative estimate of drug-likeness (QED) is 0.867. The fourth-order valence-electron chi connectivity index (χ4n) is 1.51. The van der Waals surface area contributed by atoms with E-state index in [4.69, 9.17) is 16.1 Å². The number of hydrogen-bond acceptors (Lipinski definition) is 4. The number of carbonyl (C=O) groups is 1. The first kappa shape index (κ1) is 14.7. The molecule has 0 amide bonds. The highest BCUT2D eigenvalue weighted by atomic mass is 35.5. The van der Waals surface area contributed by atoms with Gasteiger partial charge in [0.05, 0.1) is 11.4 Å². The Bertz CT molecular complexity index is 647. The summed E-state index contributed by atoms with van der Waals surface area (Å²) < 4.78 is 18.0. The van der Waals surface area contributed by atoms with Crippen LogP contribution in [0.4, 0.5) is 4.39 Å². The van der Waals surface area contributed by atoms with Crippen LogP contribution >= 0.6 is 11.6 Å². The van der Waals surface area contributed by atoms with E-state index in [1.54, 1.807) is 0 Å². The fourth-order valence-corrected chi connectivity index (χ4v) is 1.76. The number of rotatable bonds is 3. The van der Waals surface area contributed by atoms with Gasteiger partial charge in [0.15, 0.2) is 0 Å². The second-order valence-electron chi connectivity index (χ2n) is 5.49. The molecular weight excluding hydrogens is 283 g/mol. The highest BCUT2D eigenvalue weighted by Gasteiger charge is 2.24. The summed E-state index contributed by atoms with van der Waals surface area (Å²) in [6.07, 6.45) is 0.0648. The van der Waals surface area contributed by atoms with E-state index >= 15 is 0 Å². The molecule has 0 aliphatic carbocycles. The average molecular weight is 297 g/mol. The number of benzene rings is 1. The van der Waals surface area contributed by atoms with Gasteiger partial charge in [0.25, 0.3) is 0 Å². The molecule has 2 rings (SSSR count). The van der Waals surface area contributed by atoms with E-state index in [0.717, 1.165) is 0 Å². The Morgan fingerprint density at radius 1 is 1.40 bits per heavy atom. The minimum atomic E-state index is -0.470. The Kier molecular flexibility index (Phi) is 3.90. The number of aromatic nitrogens is 2. The van der Waals surface area contributed by atoms with Crippen molar-refractivity contribution in [1.29, 1.82) is 0 Å². The third-order valence-corrected chi connectivity index (χ3v) is 3.10. The monoisotopic (exact) mass is 296 g/mol. The van der Waals surface area contributed by atoms with Gasteiger partial charge in [-0.05, 0) is 18.2 Å². The van der Waals surface area contributed by atoms with Gasteiger partial charge >= 0.3 is 0 Å². The van der Waals surface area contributed by atoms with Gasteiger partial charge in [-0.2, -0.15) is 4.98 Å². The van der Waals surface area contributed by atoms with E-state index in [1.807, 2.05) is 20.8 Å². The van der Waals surface area contributed by atoms with Crippen LogP contribution in [0, 0.1) is 11.2 Å². The minimum absolute atomic E-state index is 0.00194. The number of halogens is 2. The summed E-state index contributed by atoms with van der Waals surface area (Å²) in [5.74, 6) is 0.0234. The zero-order valence-corrected chi connectivity index (χ0v) is 12.2. The molecule has 106 valence electrons. The first-order chi connectivity index (χ1) is 9.27. The summed E-state index contributed by atoms with van der Waals surface area (Å²) in [7, 11) is 0. The van der Waals surface area contributed by atoms with Crippen LogP contribution in [0.25, 0.3) is 11.4 Å². The molecule has 1 heterocycles. The first-order valence-electron chi connectivity index (χ1n) is 6.08. The summed E-state index contributed by atoms with van der Waals surface area (Å²) in [6.45, 7) is 5.47. The van der Waals surface area contributed by atoms with Crippen molar-refractivity contribution in [2.75, 3.05) is 0 Å². The van der Waals surface area contributed by atoms with Gasteiger partial charge in [-0.25, -0.2) is 4.39 Å². The predicted molar refractivity (Wildman–Crippen MR) is 72.9 cm³/mol. The molecular formula is C14H14ClFN2O2. The lowest BCUT2D eigenvalue weighted by Gasteiger charge is -2.14. The lowest BCUT2D eigenvalue weighted by Crippen LogP contribution is -2.22. The molecule has 0 N–H and O–H groups in total. The largest absolute Gasteiger partial charge is 0.338 e. The van der Waals surface area contributed by atoms with E-state index in [0.29, 0.717) is 5.56 Å². The third-order valence-electron chi connectivity index (χ3n) is 2.79. The number of nitrogens with zero attached hydrogens (tertiary/aromatic N) is 2. The summed E-state index contributed by atoms with van der Waals surface area (Å²) in [4.78, 5) is 16.0. The van der Waals surface area contributed by atoms with Crippen LogP contribution in [-0.2, 0) is 11.2 Å². The Hall–Kier alpha value is -1.75. The molecule has 2 aromatic rings. The maximum absolute atomic E-state index is 13.0. The number of carbonyl (C=O) groups excluding carboxylic acids is 1. The number of Topliss-reactive ketones (excluding diaryl/α,β-unsaturated/α-hetero) is 1. The molecule has 0 radical (unpaired) electrons. The van der Waals surface area contributed by atoms with E-state index < -0.39 is 11.2 Å². The molecule has 0 saturated carbocycles. The molecule has 0 aliphatic rings. The van der Waals surface area contributed by atoms with Gasteiger partial charge in [-0.15, -0.1) is 0 Å². The smallest absolute Gasteiger partial charge is 0.234 e. The predicted octanol–water partition coefficient (Wildman–Crippen LogP) is 3.69. The maximum atomic E-state index is 13.0. The normalized spacial score (nSPS) is 11.7. The van der Waals surface area contributed by atoms with Crippen molar-refractivity contribution >= 4 is 17.4 Å². The van der Waals surface area contributed by atoms with Crippen LogP contribution < -0.4 is 0 Å². The Balaban J connectivity index is 2.23. The molecule has 0 fully saturated rings. The molecule has 0 bridgehead atoms. The molecule has 6 heteroatoms. The minimum Gasteiger partial charge on any atom is -0.338 e. The molecule has 0 saturated heterocycles. The maximum Gasteiger partial charge on any atom is 0.234 e. The highest BCUT2D eigenvalue weighted by molar-refractivity contribution is 6.33. The lowest BCUT2D eigenvalue weighted by atomic mass is 9.89. The van der Waals surface area contributed by atoms with Crippen molar-refractivity contribution in [3.05, 3.63) is 34.9 Å². The second kappa shape index (κ2) is 5.32. The van der Waals surface area contributed by atoms with Crippen LogP contribution in [0.2, 0.25) is 5.02 Å². The SMILES string of the molecule is CC(C)(C)C(=O)Cc1nc(-c2ccc(F)cc2Cl)no1. The number of ketones is 1. The van der Waals surface area contributed by atoms with Crippen molar-refractivity contribution in [2.45, 2.75) is 27.2 Å². The van der Waals surface area contributed by atoms with Crippen molar-refractivity contribution < 1.29 is 13.7 Å². The molecule has 0 aliphatic heterocycles. The van der Waals surface area contributed by atoms with E-state index in [2.05, 4.69) is 10.1 Å². The summed E-state index contributed by atoms with van der Waals surface area (Å²) >= 11 is 5.92. The van der Waals surface area contributed by atoms with E-state index in [1.165, 1.54) is 18.2 Å². The lowest BCUT2D eigenvalue weighted by molar-refractivity contribution is -0.125. The van der Waals surface area contributed by atoms with Gasteiger partial charge in [-0.1, -0.05) is 37.5 Å². The van der Waals surface area contributed by atoms with Crippen molar-refractivity contribution in [3.8, 4) is 11.4 Å². The first-order valence-corrected chi connectivity index (χ1v) is 6.46. The molecule has 20 heavy (non-hydrogen) atoms. The standard InChI is InChI=1S/C14H14ClFN2O2/c1-14(2,3)11(19)7-12-17-13(18-20-12)9-5-4-8(16)6-10(9)15/h4-6H,7H2,1-3H3. The highest BCUT2D eigenvalue weighted by Crippen LogP contribution is 2.26. The zero-order valence-electron chi connectivity index (χ0n) is 11.4. The molecule has 1 aromatic heterocycles. The molecule has 0 atom stereocenters. The summed E-state index contributed by atoms with van der Waals surface area (Å²) in [6, 6.07) is 3.91. The summed E-state index contributed by atoms with van der Waals surface area (Å²) in [5, 5.41) is 3.96. The number of hydrogen-bond donors (Lipinski definition) is 0. The van der Waals surface area contributed by atoms with Crippen molar-refractivity contribution in [1.82, 2.24) is 10.1 Å². The summed E-state index contributed by atoms with van der Waals surface area (Å²) in [5.41, 5.74) is -0.00594. The second-order valence-corrected chi connectivity index (χ2v) is 5.89. The van der Waals surface area contributed by atoms with Gasteiger partial charge in [0.1, 0.15) is 11.6 Å². The van der Waals surface area contributed by atoms with Crippen molar-refractivity contribution in [3.63, 3.8) is 0 Å². The Labute approximate surface area is 120 Å². The molecule has 0 unspecified atom stereocenters. The van der Waals surface area contributed by atoms with Gasteiger partial charge in [-0.3, -0.25) is 4.79 Å². The van der Waals surface area contributed by atoms with E-state index in [9.17, 15) is 9.18 Å². The zero-order chi connectivity index (χ0) is 14.9. The van der Waals surface area contributed by atoms with Crippen LogP contribution in [0.5, 0.6) is 0 Å². The molecule has 4 nitrogen and oxygen atoms in total.